The number of hydrogen-bond acceptors (Lipinski definition) is 4. The molecule has 0 bridgehead atoms. The first kappa shape index (κ1) is 11.9. The summed E-state index contributed by atoms with van der Waals surface area (Å²) in [5, 5.41) is 11.6. The largest absolute Gasteiger partial charge is 0.359 e. The van der Waals surface area contributed by atoms with Crippen LogP contribution in [0.25, 0.3) is 0 Å². The van der Waals surface area contributed by atoms with Crippen LogP contribution in [0.1, 0.15) is 29.8 Å². The van der Waals surface area contributed by atoms with Gasteiger partial charge in [0.1, 0.15) is 6.54 Å². The van der Waals surface area contributed by atoms with E-state index in [1.807, 2.05) is 24.6 Å². The number of aromatic nitrogens is 3. The molecule has 0 aliphatic heterocycles. The summed E-state index contributed by atoms with van der Waals surface area (Å²) in [6.07, 6.45) is 0. The quantitative estimate of drug-likeness (QED) is 0.854. The van der Waals surface area contributed by atoms with Crippen molar-refractivity contribution in [1.29, 1.82) is 0 Å². The van der Waals surface area contributed by atoms with E-state index < -0.39 is 0 Å². The molecule has 0 aliphatic rings. The predicted octanol–water partition coefficient (Wildman–Crippen LogP) is 1.65. The lowest BCUT2D eigenvalue weighted by Crippen LogP contribution is -2.11. The molecule has 0 spiro atoms. The zero-order valence-electron chi connectivity index (χ0n) is 10.5. The van der Waals surface area contributed by atoms with E-state index in [1.165, 1.54) is 0 Å². The van der Waals surface area contributed by atoms with Gasteiger partial charge in [0.15, 0.2) is 5.76 Å². The molecule has 2 rings (SSSR count). The van der Waals surface area contributed by atoms with E-state index in [0.29, 0.717) is 6.54 Å². The van der Waals surface area contributed by atoms with E-state index >= 15 is 0 Å². The molecular formula is C12H18N4O. The standard InChI is InChI=1S/C12H18N4O/c1-4-13-7-11-6-12(17-15-11)8-16-10(3)5-9(2)14-16/h5-6,13H,4,7-8H2,1-3H3. The van der Waals surface area contributed by atoms with Crippen LogP contribution in [0.5, 0.6) is 0 Å². The van der Waals surface area contributed by atoms with Gasteiger partial charge in [-0.2, -0.15) is 5.10 Å². The minimum atomic E-state index is 0.638. The van der Waals surface area contributed by atoms with Gasteiger partial charge in [-0.1, -0.05) is 12.1 Å². The molecule has 0 aliphatic carbocycles. The Morgan fingerprint density at radius 3 is 2.82 bits per heavy atom. The third-order valence-corrected chi connectivity index (χ3v) is 2.57. The maximum atomic E-state index is 5.28. The zero-order chi connectivity index (χ0) is 12.3. The molecule has 2 heterocycles. The SMILES string of the molecule is CCNCc1cc(Cn2nc(C)cc2C)on1. The molecule has 5 heteroatoms. The molecule has 0 radical (unpaired) electrons. The summed E-state index contributed by atoms with van der Waals surface area (Å²) in [7, 11) is 0. The fourth-order valence-electron chi connectivity index (χ4n) is 1.75. The van der Waals surface area contributed by atoms with Crippen molar-refractivity contribution in [3.8, 4) is 0 Å². The van der Waals surface area contributed by atoms with Crippen molar-refractivity contribution in [2.45, 2.75) is 33.9 Å². The van der Waals surface area contributed by atoms with Crippen molar-refractivity contribution in [3.63, 3.8) is 0 Å². The highest BCUT2D eigenvalue weighted by Gasteiger charge is 2.07. The summed E-state index contributed by atoms with van der Waals surface area (Å²) < 4.78 is 7.20. The molecule has 0 saturated heterocycles. The average Bonchev–Trinajstić information content (AvgIpc) is 2.84. The molecule has 5 nitrogen and oxygen atoms in total. The fraction of sp³-hybridized carbons (Fsp3) is 0.500. The highest BCUT2D eigenvalue weighted by atomic mass is 16.5. The fourth-order valence-corrected chi connectivity index (χ4v) is 1.75. The van der Waals surface area contributed by atoms with Crippen LogP contribution in [-0.2, 0) is 13.1 Å². The summed E-state index contributed by atoms with van der Waals surface area (Å²) in [6.45, 7) is 8.41. The van der Waals surface area contributed by atoms with Gasteiger partial charge >= 0.3 is 0 Å². The van der Waals surface area contributed by atoms with Crippen molar-refractivity contribution in [1.82, 2.24) is 20.3 Å². The van der Waals surface area contributed by atoms with E-state index in [1.54, 1.807) is 0 Å². The molecule has 0 unspecified atom stereocenters. The molecule has 0 fully saturated rings. The maximum Gasteiger partial charge on any atom is 0.158 e. The number of nitrogens with zero attached hydrogens (tertiary/aromatic N) is 3. The molecule has 0 amide bonds. The first-order valence-electron chi connectivity index (χ1n) is 5.85. The van der Waals surface area contributed by atoms with Crippen LogP contribution in [0.2, 0.25) is 0 Å². The normalized spacial score (nSPS) is 11.0. The first-order valence-corrected chi connectivity index (χ1v) is 5.85. The van der Waals surface area contributed by atoms with Gasteiger partial charge in [0.05, 0.1) is 11.4 Å². The Kier molecular flexibility index (Phi) is 3.58. The summed E-state index contributed by atoms with van der Waals surface area (Å²) in [5.41, 5.74) is 3.09. The van der Waals surface area contributed by atoms with E-state index in [-0.39, 0.29) is 0 Å². The summed E-state index contributed by atoms with van der Waals surface area (Å²) in [5.74, 6) is 0.837. The van der Waals surface area contributed by atoms with Gasteiger partial charge in [-0.15, -0.1) is 0 Å². The van der Waals surface area contributed by atoms with E-state index in [9.17, 15) is 0 Å². The molecular weight excluding hydrogens is 216 g/mol. The van der Waals surface area contributed by atoms with E-state index in [2.05, 4.69) is 28.6 Å². The van der Waals surface area contributed by atoms with Gasteiger partial charge in [-0.25, -0.2) is 0 Å². The van der Waals surface area contributed by atoms with Crippen LogP contribution in [-0.4, -0.2) is 21.5 Å². The Morgan fingerprint density at radius 2 is 2.18 bits per heavy atom. The number of nitrogens with one attached hydrogen (secondary N) is 1. The number of aryl methyl sites for hydroxylation is 2. The minimum Gasteiger partial charge on any atom is -0.359 e. The van der Waals surface area contributed by atoms with Gasteiger partial charge in [0.25, 0.3) is 0 Å². The lowest BCUT2D eigenvalue weighted by Gasteiger charge is -1.99. The molecule has 0 saturated carbocycles. The Morgan fingerprint density at radius 1 is 1.35 bits per heavy atom. The van der Waals surface area contributed by atoms with Gasteiger partial charge in [-0.3, -0.25) is 4.68 Å². The summed E-state index contributed by atoms with van der Waals surface area (Å²) in [6, 6.07) is 4.02. The Balaban J connectivity index is 2.03. The lowest BCUT2D eigenvalue weighted by molar-refractivity contribution is 0.363. The summed E-state index contributed by atoms with van der Waals surface area (Å²) in [4.78, 5) is 0. The second-order valence-electron chi connectivity index (χ2n) is 4.15. The molecule has 0 atom stereocenters. The summed E-state index contributed by atoms with van der Waals surface area (Å²) >= 11 is 0. The monoisotopic (exact) mass is 234 g/mol. The van der Waals surface area contributed by atoms with E-state index in [4.69, 9.17) is 4.52 Å². The maximum absolute atomic E-state index is 5.28. The number of hydrogen-bond donors (Lipinski definition) is 1. The molecule has 17 heavy (non-hydrogen) atoms. The highest BCUT2D eigenvalue weighted by molar-refractivity contribution is 5.10. The second kappa shape index (κ2) is 5.14. The van der Waals surface area contributed by atoms with Crippen LogP contribution < -0.4 is 5.32 Å². The first-order chi connectivity index (χ1) is 8.19. The lowest BCUT2D eigenvalue weighted by atomic mass is 10.3. The van der Waals surface area contributed by atoms with Crippen LogP contribution in [0.4, 0.5) is 0 Å². The van der Waals surface area contributed by atoms with Gasteiger partial charge < -0.3 is 9.84 Å². The van der Waals surface area contributed by atoms with Crippen molar-refractivity contribution >= 4 is 0 Å². The van der Waals surface area contributed by atoms with Crippen molar-refractivity contribution in [3.05, 3.63) is 35.0 Å². The van der Waals surface area contributed by atoms with E-state index in [0.717, 1.165) is 35.9 Å². The van der Waals surface area contributed by atoms with Crippen LogP contribution in [0.15, 0.2) is 16.7 Å². The Hall–Kier alpha value is -1.62. The predicted molar refractivity (Wildman–Crippen MR) is 64.7 cm³/mol. The smallest absolute Gasteiger partial charge is 0.158 e. The van der Waals surface area contributed by atoms with Gasteiger partial charge in [-0.05, 0) is 26.5 Å². The molecule has 1 N–H and O–H groups in total. The van der Waals surface area contributed by atoms with Crippen LogP contribution >= 0.6 is 0 Å². The van der Waals surface area contributed by atoms with Gasteiger partial charge in [0.2, 0.25) is 0 Å². The van der Waals surface area contributed by atoms with Gasteiger partial charge in [0, 0.05) is 18.3 Å². The molecule has 92 valence electrons. The zero-order valence-corrected chi connectivity index (χ0v) is 10.5. The second-order valence-corrected chi connectivity index (χ2v) is 4.15. The molecule has 0 aromatic carbocycles. The molecule has 2 aromatic heterocycles. The third-order valence-electron chi connectivity index (χ3n) is 2.57. The molecule has 2 aromatic rings. The average molecular weight is 234 g/mol. The van der Waals surface area contributed by atoms with Crippen LogP contribution in [0, 0.1) is 13.8 Å². The van der Waals surface area contributed by atoms with Crippen molar-refractivity contribution in [2.75, 3.05) is 6.54 Å². The van der Waals surface area contributed by atoms with Crippen molar-refractivity contribution < 1.29 is 4.52 Å². The number of rotatable bonds is 5. The van der Waals surface area contributed by atoms with Crippen LogP contribution in [0.3, 0.4) is 0 Å². The topological polar surface area (TPSA) is 55.9 Å². The highest BCUT2D eigenvalue weighted by Crippen LogP contribution is 2.08. The Bertz CT molecular complexity index is 486. The third kappa shape index (κ3) is 2.94. The Labute approximate surface area is 101 Å². The van der Waals surface area contributed by atoms with Crippen molar-refractivity contribution in [2.24, 2.45) is 0 Å². The minimum absolute atomic E-state index is 0.638.